The number of methoxy groups -OCH3 is 3. The van der Waals surface area contributed by atoms with E-state index in [9.17, 15) is 9.59 Å². The molecule has 1 amide bonds. The van der Waals surface area contributed by atoms with E-state index in [1.165, 1.54) is 33.8 Å². The summed E-state index contributed by atoms with van der Waals surface area (Å²) >= 11 is 0. The second-order valence-corrected chi connectivity index (χ2v) is 6.83. The molecule has 0 saturated heterocycles. The summed E-state index contributed by atoms with van der Waals surface area (Å²) in [6, 6.07) is 3.15. The van der Waals surface area contributed by atoms with E-state index in [2.05, 4.69) is 12.2 Å². The van der Waals surface area contributed by atoms with Gasteiger partial charge in [0.15, 0.2) is 17.6 Å². The molecule has 7 heteroatoms. The van der Waals surface area contributed by atoms with Crippen molar-refractivity contribution in [1.29, 1.82) is 0 Å². The van der Waals surface area contributed by atoms with E-state index in [1.54, 1.807) is 13.0 Å². The predicted octanol–water partition coefficient (Wildman–Crippen LogP) is 2.95. The molecule has 1 aliphatic rings. The zero-order valence-electron chi connectivity index (χ0n) is 16.7. The van der Waals surface area contributed by atoms with Crippen molar-refractivity contribution in [1.82, 2.24) is 5.32 Å². The molecule has 0 unspecified atom stereocenters. The Morgan fingerprint density at radius 1 is 1.00 bits per heavy atom. The van der Waals surface area contributed by atoms with Crippen molar-refractivity contribution < 1.29 is 28.5 Å². The first-order valence-corrected chi connectivity index (χ1v) is 9.22. The van der Waals surface area contributed by atoms with Gasteiger partial charge in [0.1, 0.15) is 11.3 Å². The van der Waals surface area contributed by atoms with E-state index >= 15 is 0 Å². The molecule has 0 bridgehead atoms. The third-order valence-electron chi connectivity index (χ3n) is 5.02. The third-order valence-corrected chi connectivity index (χ3v) is 5.02. The molecule has 0 radical (unpaired) electrons. The molecule has 150 valence electrons. The molecule has 0 spiro atoms. The average Bonchev–Trinajstić information content (AvgIpc) is 2.68. The summed E-state index contributed by atoms with van der Waals surface area (Å²) in [5, 5.41) is 3.00. The van der Waals surface area contributed by atoms with Gasteiger partial charge in [-0.05, 0) is 25.7 Å². The number of ether oxygens (including phenoxy) is 4. The minimum Gasteiger partial charge on any atom is -0.496 e. The minimum absolute atomic E-state index is 0.128. The van der Waals surface area contributed by atoms with Crippen LogP contribution in [0.25, 0.3) is 0 Å². The highest BCUT2D eigenvalue weighted by Crippen LogP contribution is 2.35. The zero-order valence-corrected chi connectivity index (χ0v) is 16.7. The lowest BCUT2D eigenvalue weighted by atomic mass is 9.86. The number of hydrogen-bond donors (Lipinski definition) is 1. The maximum atomic E-state index is 12.6. The lowest BCUT2D eigenvalue weighted by Gasteiger charge is -2.30. The van der Waals surface area contributed by atoms with Crippen LogP contribution >= 0.6 is 0 Å². The van der Waals surface area contributed by atoms with Gasteiger partial charge in [0.05, 0.1) is 21.3 Å². The van der Waals surface area contributed by atoms with E-state index in [0.29, 0.717) is 17.4 Å². The third kappa shape index (κ3) is 5.05. The molecule has 1 aromatic rings. The Bertz CT molecular complexity index is 675. The van der Waals surface area contributed by atoms with Crippen molar-refractivity contribution in [3.8, 4) is 17.2 Å². The first-order valence-electron chi connectivity index (χ1n) is 9.22. The fourth-order valence-electron chi connectivity index (χ4n) is 3.30. The van der Waals surface area contributed by atoms with Gasteiger partial charge in [0.2, 0.25) is 0 Å². The van der Waals surface area contributed by atoms with Crippen LogP contribution in [0, 0.1) is 5.92 Å². The summed E-state index contributed by atoms with van der Waals surface area (Å²) in [6.07, 6.45) is 3.44. The molecule has 7 nitrogen and oxygen atoms in total. The number of amides is 1. The van der Waals surface area contributed by atoms with Gasteiger partial charge in [0.25, 0.3) is 5.91 Å². The summed E-state index contributed by atoms with van der Waals surface area (Å²) in [4.78, 5) is 25.0. The molecular formula is C20H29NO6. The van der Waals surface area contributed by atoms with Crippen LogP contribution in [-0.4, -0.2) is 45.4 Å². The topological polar surface area (TPSA) is 83.1 Å². The van der Waals surface area contributed by atoms with Gasteiger partial charge in [-0.2, -0.15) is 0 Å². The first kappa shape index (κ1) is 20.9. The van der Waals surface area contributed by atoms with E-state index < -0.39 is 12.1 Å². The van der Waals surface area contributed by atoms with Crippen molar-refractivity contribution >= 4 is 11.9 Å². The van der Waals surface area contributed by atoms with Gasteiger partial charge in [-0.3, -0.25) is 4.79 Å². The Morgan fingerprint density at radius 2 is 1.59 bits per heavy atom. The van der Waals surface area contributed by atoms with Crippen molar-refractivity contribution in [3.05, 3.63) is 17.7 Å². The van der Waals surface area contributed by atoms with E-state index in [4.69, 9.17) is 18.9 Å². The number of rotatable bonds is 7. The van der Waals surface area contributed by atoms with Gasteiger partial charge in [0, 0.05) is 18.2 Å². The van der Waals surface area contributed by atoms with Crippen LogP contribution in [0.3, 0.4) is 0 Å². The molecule has 1 aliphatic carbocycles. The molecule has 0 aromatic heterocycles. The van der Waals surface area contributed by atoms with Gasteiger partial charge in [-0.15, -0.1) is 0 Å². The normalized spacial score (nSPS) is 20.3. The summed E-state index contributed by atoms with van der Waals surface area (Å²) in [5.74, 6) is 0.567. The van der Waals surface area contributed by atoms with Crippen LogP contribution < -0.4 is 19.5 Å². The zero-order chi connectivity index (χ0) is 20.0. The summed E-state index contributed by atoms with van der Waals surface area (Å²) in [5.41, 5.74) is 0.167. The molecule has 27 heavy (non-hydrogen) atoms. The molecule has 0 aliphatic heterocycles. The SMILES string of the molecule is COc1cc(OC)c(C(=O)O[C@H](C)C(=O)N[C@H]2CCCC[C@@H]2C)cc1OC. The van der Waals surface area contributed by atoms with Gasteiger partial charge < -0.3 is 24.3 Å². The molecule has 1 N–H and O–H groups in total. The van der Waals surface area contributed by atoms with Crippen LogP contribution in [0.1, 0.15) is 49.9 Å². The molecule has 3 atom stereocenters. The monoisotopic (exact) mass is 379 g/mol. The van der Waals surface area contributed by atoms with Crippen molar-refractivity contribution in [2.45, 2.75) is 51.7 Å². The Morgan fingerprint density at radius 3 is 2.19 bits per heavy atom. The lowest BCUT2D eigenvalue weighted by Crippen LogP contribution is -2.46. The van der Waals surface area contributed by atoms with Crippen molar-refractivity contribution in [3.63, 3.8) is 0 Å². The fourth-order valence-corrected chi connectivity index (χ4v) is 3.30. The molecule has 0 heterocycles. The fraction of sp³-hybridized carbons (Fsp3) is 0.600. The van der Waals surface area contributed by atoms with Crippen LogP contribution in [-0.2, 0) is 9.53 Å². The lowest BCUT2D eigenvalue weighted by molar-refractivity contribution is -0.130. The Kier molecular flexibility index (Phi) is 7.33. The standard InChI is InChI=1S/C20H29NO6/c1-12-8-6-7-9-15(12)21-19(22)13(2)27-20(23)14-10-17(25-4)18(26-5)11-16(14)24-3/h10-13,15H,6-9H2,1-5H3,(H,21,22)/t12-,13+,15-/m0/s1. The maximum absolute atomic E-state index is 12.6. The first-order chi connectivity index (χ1) is 12.9. The highest BCUT2D eigenvalue weighted by molar-refractivity contribution is 5.95. The van der Waals surface area contributed by atoms with Crippen molar-refractivity contribution in [2.24, 2.45) is 5.92 Å². The quantitative estimate of drug-likeness (QED) is 0.734. The largest absolute Gasteiger partial charge is 0.496 e. The molecule has 1 saturated carbocycles. The second-order valence-electron chi connectivity index (χ2n) is 6.83. The minimum atomic E-state index is -0.913. The van der Waals surface area contributed by atoms with E-state index in [1.807, 2.05) is 0 Å². The van der Waals surface area contributed by atoms with E-state index in [0.717, 1.165) is 19.3 Å². The molecular weight excluding hydrogens is 350 g/mol. The molecule has 1 fully saturated rings. The van der Waals surface area contributed by atoms with Crippen LogP contribution in [0.4, 0.5) is 0 Å². The second kappa shape index (κ2) is 9.48. The van der Waals surface area contributed by atoms with Crippen LogP contribution in [0.15, 0.2) is 12.1 Å². The van der Waals surface area contributed by atoms with Gasteiger partial charge in [-0.25, -0.2) is 4.79 Å². The van der Waals surface area contributed by atoms with Crippen molar-refractivity contribution in [2.75, 3.05) is 21.3 Å². The number of carbonyl (C=O) groups excluding carboxylic acids is 2. The number of hydrogen-bond acceptors (Lipinski definition) is 6. The highest BCUT2D eigenvalue weighted by atomic mass is 16.6. The maximum Gasteiger partial charge on any atom is 0.342 e. The van der Waals surface area contributed by atoms with Gasteiger partial charge >= 0.3 is 5.97 Å². The Labute approximate surface area is 160 Å². The Hall–Kier alpha value is -2.44. The highest BCUT2D eigenvalue weighted by Gasteiger charge is 2.27. The van der Waals surface area contributed by atoms with Crippen LogP contribution in [0.2, 0.25) is 0 Å². The number of nitrogens with one attached hydrogen (secondary N) is 1. The molecule has 2 rings (SSSR count). The summed E-state index contributed by atoms with van der Waals surface area (Å²) in [7, 11) is 4.41. The number of esters is 1. The smallest absolute Gasteiger partial charge is 0.342 e. The predicted molar refractivity (Wildman–Crippen MR) is 101 cm³/mol. The van der Waals surface area contributed by atoms with Gasteiger partial charge in [-0.1, -0.05) is 19.8 Å². The summed E-state index contributed by atoms with van der Waals surface area (Å²) < 4.78 is 21.0. The van der Waals surface area contributed by atoms with E-state index in [-0.39, 0.29) is 23.3 Å². The number of carbonyl (C=O) groups is 2. The number of benzene rings is 1. The van der Waals surface area contributed by atoms with Crippen LogP contribution in [0.5, 0.6) is 17.2 Å². The average molecular weight is 379 g/mol. The Balaban J connectivity index is 2.08. The molecule has 1 aromatic carbocycles. The summed E-state index contributed by atoms with van der Waals surface area (Å²) in [6.45, 7) is 3.70.